The Labute approximate surface area is 153 Å². The average Bonchev–Trinajstić information content (AvgIpc) is 2.59. The molecule has 6 nitrogen and oxygen atoms in total. The number of rotatable bonds is 4. The van der Waals surface area contributed by atoms with Gasteiger partial charge in [0.15, 0.2) is 11.6 Å². The monoisotopic (exact) mass is 378 g/mol. The molecular weight excluding hydrogens is 361 g/mol. The molecule has 1 aliphatic rings. The third-order valence-corrected chi connectivity index (χ3v) is 4.28. The lowest BCUT2D eigenvalue weighted by molar-refractivity contribution is -0.122. The molecule has 0 aliphatic carbocycles. The van der Waals surface area contributed by atoms with Crippen LogP contribution in [0.15, 0.2) is 24.4 Å². The topological polar surface area (TPSA) is 74.3 Å². The van der Waals surface area contributed by atoms with E-state index in [9.17, 15) is 22.8 Å². The summed E-state index contributed by atoms with van der Waals surface area (Å²) in [5.74, 6) is -3.07. The molecule has 0 bridgehead atoms. The van der Waals surface area contributed by atoms with Crippen molar-refractivity contribution in [1.29, 1.82) is 0 Å². The highest BCUT2D eigenvalue weighted by Crippen LogP contribution is 2.27. The maximum absolute atomic E-state index is 13.9. The van der Waals surface area contributed by atoms with Crippen LogP contribution in [0.2, 0.25) is 0 Å². The van der Waals surface area contributed by atoms with E-state index in [1.807, 2.05) is 0 Å². The van der Waals surface area contributed by atoms with E-state index in [2.05, 4.69) is 15.6 Å². The van der Waals surface area contributed by atoms with Gasteiger partial charge >= 0.3 is 6.03 Å². The number of nitrogens with zero attached hydrogens (tertiary/aromatic N) is 2. The molecule has 0 saturated heterocycles. The van der Waals surface area contributed by atoms with Crippen molar-refractivity contribution in [3.05, 3.63) is 58.7 Å². The zero-order valence-corrected chi connectivity index (χ0v) is 14.6. The van der Waals surface area contributed by atoms with E-state index >= 15 is 0 Å². The number of anilines is 1. The van der Waals surface area contributed by atoms with Crippen LogP contribution >= 0.6 is 0 Å². The first kappa shape index (κ1) is 18.7. The Morgan fingerprint density at radius 3 is 2.81 bits per heavy atom. The lowest BCUT2D eigenvalue weighted by atomic mass is 10.1. The first-order chi connectivity index (χ1) is 12.8. The van der Waals surface area contributed by atoms with Crippen LogP contribution in [0.5, 0.6) is 0 Å². The highest BCUT2D eigenvalue weighted by atomic mass is 19.2. The zero-order chi connectivity index (χ0) is 19.7. The van der Waals surface area contributed by atoms with Crippen molar-refractivity contribution < 1.29 is 22.8 Å². The predicted molar refractivity (Wildman–Crippen MR) is 91.3 cm³/mol. The van der Waals surface area contributed by atoms with Crippen LogP contribution in [0.3, 0.4) is 0 Å². The largest absolute Gasteiger partial charge is 0.346 e. The van der Waals surface area contributed by atoms with Gasteiger partial charge < -0.3 is 15.5 Å². The van der Waals surface area contributed by atoms with E-state index in [1.165, 1.54) is 12.1 Å². The molecule has 2 aromatic rings. The number of carbonyl (C=O) groups excluding carboxylic acids is 2. The third kappa shape index (κ3) is 3.86. The second kappa shape index (κ2) is 7.26. The fraction of sp³-hybridized carbons (Fsp3) is 0.278. The fourth-order valence-electron chi connectivity index (χ4n) is 2.98. The van der Waals surface area contributed by atoms with Gasteiger partial charge in [-0.05, 0) is 37.6 Å². The van der Waals surface area contributed by atoms with Crippen molar-refractivity contribution in [3.63, 3.8) is 0 Å². The normalized spacial score (nSPS) is 14.4. The molecule has 27 heavy (non-hydrogen) atoms. The van der Waals surface area contributed by atoms with Crippen LogP contribution < -0.4 is 10.6 Å². The van der Waals surface area contributed by atoms with Gasteiger partial charge in [0.1, 0.15) is 12.4 Å². The summed E-state index contributed by atoms with van der Waals surface area (Å²) in [6.45, 7) is 2.75. The lowest BCUT2D eigenvalue weighted by Gasteiger charge is -2.29. The summed E-state index contributed by atoms with van der Waals surface area (Å²) in [6.07, 6.45) is 1.05. The summed E-state index contributed by atoms with van der Waals surface area (Å²) in [5.41, 5.74) is 1.22. The van der Waals surface area contributed by atoms with Crippen LogP contribution in [0.25, 0.3) is 0 Å². The second-order valence-electron chi connectivity index (χ2n) is 6.32. The number of hydrogen-bond acceptors (Lipinski definition) is 3. The molecule has 1 aromatic carbocycles. The van der Waals surface area contributed by atoms with Crippen LogP contribution in [-0.4, -0.2) is 28.4 Å². The van der Waals surface area contributed by atoms with E-state index in [-0.39, 0.29) is 24.3 Å². The zero-order valence-electron chi connectivity index (χ0n) is 14.6. The standard InChI is InChI=1S/C18H17F3N4O2/c1-9-5-11(19)6-22-17(9)10(2)23-15(26)8-25-7-12-14(24-18(25)27)4-3-13(20)16(12)21/h3-6,10H,7-8H2,1-2H3,(H,23,26)(H,24,27)/t10-/m1/s1. The van der Waals surface area contributed by atoms with Gasteiger partial charge in [0, 0.05) is 5.56 Å². The summed E-state index contributed by atoms with van der Waals surface area (Å²) in [5, 5.41) is 5.09. The Morgan fingerprint density at radius 2 is 2.11 bits per heavy atom. The molecule has 0 radical (unpaired) electrons. The van der Waals surface area contributed by atoms with Crippen molar-refractivity contribution in [3.8, 4) is 0 Å². The van der Waals surface area contributed by atoms with Gasteiger partial charge in [-0.1, -0.05) is 0 Å². The van der Waals surface area contributed by atoms with Gasteiger partial charge in [0.25, 0.3) is 0 Å². The molecule has 3 amide bonds. The molecule has 0 unspecified atom stereocenters. The van der Waals surface area contributed by atoms with Crippen molar-refractivity contribution in [2.75, 3.05) is 11.9 Å². The molecule has 9 heteroatoms. The number of benzene rings is 1. The minimum Gasteiger partial charge on any atom is -0.346 e. The van der Waals surface area contributed by atoms with Gasteiger partial charge in [0.05, 0.1) is 30.2 Å². The maximum atomic E-state index is 13.9. The maximum Gasteiger partial charge on any atom is 0.322 e. The fourth-order valence-corrected chi connectivity index (χ4v) is 2.98. The van der Waals surface area contributed by atoms with Crippen molar-refractivity contribution in [2.24, 2.45) is 0 Å². The first-order valence-corrected chi connectivity index (χ1v) is 8.20. The Kier molecular flexibility index (Phi) is 5.02. The van der Waals surface area contributed by atoms with E-state index < -0.39 is 35.4 Å². The molecule has 1 aromatic heterocycles. The number of urea groups is 1. The predicted octanol–water partition coefficient (Wildman–Crippen LogP) is 3.03. The Hall–Kier alpha value is -3.10. The van der Waals surface area contributed by atoms with Gasteiger partial charge in [-0.2, -0.15) is 0 Å². The molecule has 1 atom stereocenters. The van der Waals surface area contributed by atoms with Crippen molar-refractivity contribution in [1.82, 2.24) is 15.2 Å². The minimum atomic E-state index is -1.06. The molecule has 0 fully saturated rings. The van der Waals surface area contributed by atoms with Gasteiger partial charge in [-0.25, -0.2) is 18.0 Å². The average molecular weight is 378 g/mol. The van der Waals surface area contributed by atoms with Gasteiger partial charge in [-0.3, -0.25) is 9.78 Å². The molecule has 1 aliphatic heterocycles. The summed E-state index contributed by atoms with van der Waals surface area (Å²) in [7, 11) is 0. The lowest BCUT2D eigenvalue weighted by Crippen LogP contribution is -2.45. The molecule has 0 saturated carbocycles. The van der Waals surface area contributed by atoms with E-state index in [0.717, 1.165) is 17.2 Å². The Morgan fingerprint density at radius 1 is 1.37 bits per heavy atom. The van der Waals surface area contributed by atoms with Crippen molar-refractivity contribution in [2.45, 2.75) is 26.4 Å². The van der Waals surface area contributed by atoms with Crippen LogP contribution in [0, 0.1) is 24.4 Å². The summed E-state index contributed by atoms with van der Waals surface area (Å²) in [6, 6.07) is 2.39. The highest BCUT2D eigenvalue weighted by molar-refractivity contribution is 5.94. The number of aromatic nitrogens is 1. The number of hydrogen-bond donors (Lipinski definition) is 2. The SMILES string of the molecule is Cc1cc(F)cnc1[C@@H](C)NC(=O)CN1Cc2c(ccc(F)c2F)NC1=O. The highest BCUT2D eigenvalue weighted by Gasteiger charge is 2.28. The minimum absolute atomic E-state index is 0.0218. The Balaban J connectivity index is 1.68. The van der Waals surface area contributed by atoms with E-state index in [0.29, 0.717) is 11.3 Å². The molecule has 0 spiro atoms. The van der Waals surface area contributed by atoms with Crippen LogP contribution in [0.1, 0.15) is 29.8 Å². The van der Waals surface area contributed by atoms with Gasteiger partial charge in [0.2, 0.25) is 5.91 Å². The molecule has 142 valence electrons. The van der Waals surface area contributed by atoms with Gasteiger partial charge in [-0.15, -0.1) is 0 Å². The number of carbonyl (C=O) groups is 2. The summed E-state index contributed by atoms with van der Waals surface area (Å²) < 4.78 is 40.5. The number of amides is 3. The number of aryl methyl sites for hydroxylation is 1. The van der Waals surface area contributed by atoms with Crippen LogP contribution in [0.4, 0.5) is 23.7 Å². The van der Waals surface area contributed by atoms with E-state index in [4.69, 9.17) is 0 Å². The summed E-state index contributed by atoms with van der Waals surface area (Å²) >= 11 is 0. The third-order valence-electron chi connectivity index (χ3n) is 4.28. The molecule has 2 heterocycles. The number of fused-ring (bicyclic) bond motifs is 1. The number of pyridine rings is 1. The molecule has 3 rings (SSSR count). The number of halogens is 3. The Bertz CT molecular complexity index is 920. The molecule has 2 N–H and O–H groups in total. The summed E-state index contributed by atoms with van der Waals surface area (Å²) in [4.78, 5) is 29.4. The van der Waals surface area contributed by atoms with Crippen molar-refractivity contribution >= 4 is 17.6 Å². The first-order valence-electron chi connectivity index (χ1n) is 8.20. The molecular formula is C18H17F3N4O2. The smallest absolute Gasteiger partial charge is 0.322 e. The van der Waals surface area contributed by atoms with E-state index in [1.54, 1.807) is 13.8 Å². The van der Waals surface area contributed by atoms with Crippen LogP contribution in [-0.2, 0) is 11.3 Å². The quantitative estimate of drug-likeness (QED) is 0.859. The second-order valence-corrected chi connectivity index (χ2v) is 6.32. The number of nitrogens with one attached hydrogen (secondary N) is 2.